The topological polar surface area (TPSA) is 66.6 Å². The molecule has 5 heteroatoms. The number of hydrogen-bond donors (Lipinski definition) is 1. The summed E-state index contributed by atoms with van der Waals surface area (Å²) in [5.41, 5.74) is 0. The Balaban J connectivity index is 0.000000162. The molecule has 1 fully saturated rings. The molecule has 1 heterocycles. The summed E-state index contributed by atoms with van der Waals surface area (Å²) in [6, 6.07) is 0. The highest BCUT2D eigenvalue weighted by Gasteiger charge is 2.23. The molecule has 5 nitrogen and oxygen atoms in total. The first kappa shape index (κ1) is 8.74. The van der Waals surface area contributed by atoms with Crippen LogP contribution in [0.15, 0.2) is 0 Å². The summed E-state index contributed by atoms with van der Waals surface area (Å²) in [7, 11) is 2.88. The molecule has 0 unspecified atom stereocenters. The molecular formula is C5H9NO4. The second-order valence-corrected chi connectivity index (χ2v) is 1.72. The molecule has 0 bridgehead atoms. The van der Waals surface area contributed by atoms with E-state index in [4.69, 9.17) is 9.90 Å². The first-order valence-corrected chi connectivity index (χ1v) is 2.58. The average Bonchev–Trinajstić information content (AvgIpc) is 2.47. The largest absolute Gasteiger partial charge is 0.505 e. The van der Waals surface area contributed by atoms with Crippen molar-refractivity contribution in [2.24, 2.45) is 0 Å². The van der Waals surface area contributed by atoms with E-state index in [1.54, 1.807) is 11.9 Å². The molecular weight excluding hydrogens is 138 g/mol. The van der Waals surface area contributed by atoms with Gasteiger partial charge in [0.15, 0.2) is 0 Å². The van der Waals surface area contributed by atoms with Crippen molar-refractivity contribution in [3.63, 3.8) is 0 Å². The van der Waals surface area contributed by atoms with Crippen LogP contribution in [-0.4, -0.2) is 42.8 Å². The van der Waals surface area contributed by atoms with Gasteiger partial charge in [-0.25, -0.2) is 4.79 Å². The van der Waals surface area contributed by atoms with Gasteiger partial charge in [-0.1, -0.05) is 0 Å². The predicted molar refractivity (Wildman–Crippen MR) is 32.7 cm³/mol. The van der Waals surface area contributed by atoms with E-state index >= 15 is 0 Å². The Hall–Kier alpha value is -1.26. The van der Waals surface area contributed by atoms with E-state index in [2.05, 4.69) is 4.74 Å². The molecule has 1 aliphatic heterocycles. The van der Waals surface area contributed by atoms with Crippen LogP contribution in [-0.2, 0) is 9.53 Å². The van der Waals surface area contributed by atoms with Crippen molar-refractivity contribution in [1.82, 2.24) is 4.90 Å². The van der Waals surface area contributed by atoms with E-state index in [0.29, 0.717) is 6.54 Å². The summed E-state index contributed by atoms with van der Waals surface area (Å²) in [5.74, 6) is 0.255. The number of rotatable bonds is 0. The van der Waals surface area contributed by atoms with Crippen LogP contribution in [0.3, 0.4) is 0 Å². The monoisotopic (exact) mass is 147 g/mol. The van der Waals surface area contributed by atoms with Gasteiger partial charge in [-0.2, -0.15) is 0 Å². The normalized spacial score (nSPS) is 13.4. The van der Waals surface area contributed by atoms with Crippen LogP contribution in [0.25, 0.3) is 0 Å². The maximum absolute atomic E-state index is 9.81. The third kappa shape index (κ3) is 4.89. The van der Waals surface area contributed by atoms with Gasteiger partial charge in [-0.15, -0.1) is 0 Å². The third-order valence-electron chi connectivity index (χ3n) is 0.869. The Bertz CT molecular complexity index is 139. The number of hydrogen-bond acceptors (Lipinski definition) is 3. The molecule has 1 aliphatic rings. The van der Waals surface area contributed by atoms with Crippen LogP contribution in [0.1, 0.15) is 0 Å². The standard InChI is InChI=1S/C3H5NO.C2H4O3/c1-4-2-3(4)5;1-5-2(3)4/h2H2,1H3;1H3,(H,3,4). The SMILES string of the molecule is CN1CC1=O.COC(=O)O. The number of amides is 1. The van der Waals surface area contributed by atoms with Crippen LogP contribution >= 0.6 is 0 Å². The number of likely N-dealkylation sites (N-methyl/N-ethyl adjacent to an activating group) is 1. The minimum Gasteiger partial charge on any atom is -0.450 e. The number of methoxy groups -OCH3 is 1. The molecule has 1 saturated heterocycles. The zero-order valence-corrected chi connectivity index (χ0v) is 5.83. The minimum atomic E-state index is -1.25. The highest BCUT2D eigenvalue weighted by molar-refractivity contribution is 5.91. The quantitative estimate of drug-likeness (QED) is 0.379. The van der Waals surface area contributed by atoms with Crippen molar-refractivity contribution >= 4 is 12.1 Å². The molecule has 0 aliphatic carbocycles. The summed E-state index contributed by atoms with van der Waals surface area (Å²) in [6.45, 7) is 0.667. The Morgan fingerprint density at radius 3 is 2.00 bits per heavy atom. The van der Waals surface area contributed by atoms with E-state index < -0.39 is 6.16 Å². The van der Waals surface area contributed by atoms with Crippen molar-refractivity contribution in [1.29, 1.82) is 0 Å². The summed E-state index contributed by atoms with van der Waals surface area (Å²) in [5, 5.41) is 7.50. The molecule has 0 atom stereocenters. The fourth-order valence-corrected chi connectivity index (χ4v) is 0.168. The fourth-order valence-electron chi connectivity index (χ4n) is 0.168. The number of nitrogens with zero attached hydrogens (tertiary/aromatic N) is 1. The highest BCUT2D eigenvalue weighted by atomic mass is 16.6. The second-order valence-electron chi connectivity index (χ2n) is 1.72. The van der Waals surface area contributed by atoms with Gasteiger partial charge in [0.25, 0.3) is 0 Å². The van der Waals surface area contributed by atoms with Gasteiger partial charge < -0.3 is 14.7 Å². The lowest BCUT2D eigenvalue weighted by Crippen LogP contribution is -1.91. The van der Waals surface area contributed by atoms with Gasteiger partial charge in [-0.05, 0) is 0 Å². The molecule has 58 valence electrons. The molecule has 0 radical (unpaired) electrons. The molecule has 0 aromatic rings. The van der Waals surface area contributed by atoms with Crippen LogP contribution in [0.4, 0.5) is 4.79 Å². The van der Waals surface area contributed by atoms with Gasteiger partial charge >= 0.3 is 6.16 Å². The first-order chi connectivity index (χ1) is 4.57. The van der Waals surface area contributed by atoms with Gasteiger partial charge in [0.1, 0.15) is 0 Å². The van der Waals surface area contributed by atoms with E-state index in [0.717, 1.165) is 7.11 Å². The van der Waals surface area contributed by atoms with Crippen LogP contribution in [0, 0.1) is 0 Å². The zero-order chi connectivity index (χ0) is 8.15. The van der Waals surface area contributed by atoms with Gasteiger partial charge in [0, 0.05) is 7.05 Å². The number of carbonyl (C=O) groups excluding carboxylic acids is 1. The summed E-state index contributed by atoms with van der Waals surface area (Å²) in [4.78, 5) is 20.6. The average molecular weight is 147 g/mol. The smallest absolute Gasteiger partial charge is 0.450 e. The highest BCUT2D eigenvalue weighted by Crippen LogP contribution is 1.97. The number of carbonyl (C=O) groups is 2. The van der Waals surface area contributed by atoms with Crippen LogP contribution < -0.4 is 0 Å². The van der Waals surface area contributed by atoms with Crippen molar-refractivity contribution in [3.8, 4) is 0 Å². The molecule has 0 spiro atoms. The molecule has 0 saturated carbocycles. The van der Waals surface area contributed by atoms with Gasteiger partial charge in [-0.3, -0.25) is 4.79 Å². The van der Waals surface area contributed by atoms with Gasteiger partial charge in [0.2, 0.25) is 5.91 Å². The summed E-state index contributed by atoms with van der Waals surface area (Å²) < 4.78 is 3.67. The van der Waals surface area contributed by atoms with Crippen molar-refractivity contribution in [2.45, 2.75) is 0 Å². The van der Waals surface area contributed by atoms with Crippen LogP contribution in [0.2, 0.25) is 0 Å². The molecule has 1 amide bonds. The molecule has 0 aromatic carbocycles. The summed E-state index contributed by atoms with van der Waals surface area (Å²) >= 11 is 0. The maximum atomic E-state index is 9.81. The minimum absolute atomic E-state index is 0.255. The second kappa shape index (κ2) is 3.71. The van der Waals surface area contributed by atoms with Crippen LogP contribution in [0.5, 0.6) is 0 Å². The molecule has 1 rings (SSSR count). The van der Waals surface area contributed by atoms with Gasteiger partial charge in [0.05, 0.1) is 13.7 Å². The molecule has 1 N–H and O–H groups in total. The number of ether oxygens (including phenoxy) is 1. The Morgan fingerprint density at radius 1 is 1.80 bits per heavy atom. The Kier molecular flexibility index (Phi) is 3.24. The Labute approximate surface area is 58.2 Å². The van der Waals surface area contributed by atoms with E-state index in [1.807, 2.05) is 0 Å². The zero-order valence-electron chi connectivity index (χ0n) is 5.83. The van der Waals surface area contributed by atoms with Crippen molar-refractivity contribution < 1.29 is 19.4 Å². The predicted octanol–water partition coefficient (Wildman–Crippen LogP) is -0.231. The summed E-state index contributed by atoms with van der Waals surface area (Å²) in [6.07, 6.45) is -1.25. The third-order valence-corrected chi connectivity index (χ3v) is 0.869. The van der Waals surface area contributed by atoms with E-state index in [9.17, 15) is 4.79 Å². The lowest BCUT2D eigenvalue weighted by atomic mass is 11.0. The van der Waals surface area contributed by atoms with E-state index in [1.165, 1.54) is 0 Å². The molecule has 0 aromatic heterocycles. The lowest BCUT2D eigenvalue weighted by Gasteiger charge is -1.79. The first-order valence-electron chi connectivity index (χ1n) is 2.58. The Morgan fingerprint density at radius 2 is 2.00 bits per heavy atom. The maximum Gasteiger partial charge on any atom is 0.505 e. The fraction of sp³-hybridized carbons (Fsp3) is 0.600. The molecule has 10 heavy (non-hydrogen) atoms. The lowest BCUT2D eigenvalue weighted by molar-refractivity contribution is -0.113. The number of carboxylic acid groups (broad SMARTS) is 1. The van der Waals surface area contributed by atoms with E-state index in [-0.39, 0.29) is 5.91 Å². The van der Waals surface area contributed by atoms with Crippen molar-refractivity contribution in [3.05, 3.63) is 0 Å². The van der Waals surface area contributed by atoms with Crippen molar-refractivity contribution in [2.75, 3.05) is 20.7 Å².